The van der Waals surface area contributed by atoms with Crippen LogP contribution in [0.2, 0.25) is 0 Å². The number of benzene rings is 2. The van der Waals surface area contributed by atoms with E-state index in [9.17, 15) is 17.6 Å². The molecular weight excluding hydrogens is 498 g/mol. The molecule has 0 N–H and O–H groups in total. The van der Waals surface area contributed by atoms with Crippen molar-refractivity contribution in [3.8, 4) is 0 Å². The maximum atomic E-state index is 13.7. The zero-order valence-corrected chi connectivity index (χ0v) is 14.6. The molecule has 0 aromatic heterocycles. The molecule has 2 rings (SSSR count). The standard InChI is InChI=1S/C14H9F4I2/c1-7-2-12(17)14(13(18)3-7)20-6-9-10(15)4-8(19)5-11(9)16/h2-5H,6H2,1H3/q-1. The summed E-state index contributed by atoms with van der Waals surface area (Å²) < 4.78 is 55.1. The first-order valence-electron chi connectivity index (χ1n) is 5.56. The van der Waals surface area contributed by atoms with E-state index in [1.807, 2.05) is 22.6 Å². The van der Waals surface area contributed by atoms with Crippen molar-refractivity contribution in [3.05, 3.63) is 65.8 Å². The number of aryl methyl sites for hydroxylation is 1. The van der Waals surface area contributed by atoms with Gasteiger partial charge in [-0.2, -0.15) is 0 Å². The van der Waals surface area contributed by atoms with Gasteiger partial charge in [0, 0.05) is 0 Å². The van der Waals surface area contributed by atoms with E-state index in [2.05, 4.69) is 0 Å². The Kier molecular flexibility index (Phi) is 5.27. The average molecular weight is 507 g/mol. The minimum atomic E-state index is -1.18. The number of halogens is 6. The van der Waals surface area contributed by atoms with Gasteiger partial charge in [-0.1, -0.05) is 0 Å². The molecule has 0 amide bonds. The van der Waals surface area contributed by atoms with Crippen LogP contribution in [0.5, 0.6) is 0 Å². The first-order chi connectivity index (χ1) is 9.38. The molecule has 20 heavy (non-hydrogen) atoms. The van der Waals surface area contributed by atoms with Gasteiger partial charge in [-0.15, -0.1) is 0 Å². The molecule has 0 fully saturated rings. The molecule has 0 saturated carbocycles. The molecule has 0 atom stereocenters. The molecule has 0 heterocycles. The van der Waals surface area contributed by atoms with Gasteiger partial charge in [0.1, 0.15) is 0 Å². The molecule has 2 aromatic rings. The Morgan fingerprint density at radius 2 is 1.40 bits per heavy atom. The Hall–Kier alpha value is -0.380. The van der Waals surface area contributed by atoms with Crippen molar-refractivity contribution in [1.29, 1.82) is 0 Å². The molecule has 0 unspecified atom stereocenters. The maximum absolute atomic E-state index is 13.7. The Labute approximate surface area is 138 Å². The number of hydrogen-bond donors (Lipinski definition) is 0. The SMILES string of the molecule is Cc1cc(F)c([I-]Cc2c(F)cc(I)cc2F)c(F)c1. The van der Waals surface area contributed by atoms with Crippen molar-refractivity contribution < 1.29 is 38.8 Å². The molecule has 108 valence electrons. The van der Waals surface area contributed by atoms with Crippen LogP contribution in [0.4, 0.5) is 17.6 Å². The fourth-order valence-electron chi connectivity index (χ4n) is 1.64. The van der Waals surface area contributed by atoms with E-state index in [4.69, 9.17) is 0 Å². The van der Waals surface area contributed by atoms with Crippen molar-refractivity contribution in [2.75, 3.05) is 0 Å². The number of alkyl halides is 1. The third-order valence-electron chi connectivity index (χ3n) is 2.57. The van der Waals surface area contributed by atoms with Crippen LogP contribution >= 0.6 is 22.6 Å². The van der Waals surface area contributed by atoms with E-state index in [0.717, 1.165) is 0 Å². The quantitative estimate of drug-likeness (QED) is 0.257. The summed E-state index contributed by atoms with van der Waals surface area (Å²) in [6.45, 7) is 1.59. The summed E-state index contributed by atoms with van der Waals surface area (Å²) >= 11 is 0.627. The van der Waals surface area contributed by atoms with E-state index in [1.54, 1.807) is 6.92 Å². The summed E-state index contributed by atoms with van der Waals surface area (Å²) in [6, 6.07) is 4.90. The van der Waals surface area contributed by atoms with Gasteiger partial charge in [0.15, 0.2) is 0 Å². The van der Waals surface area contributed by atoms with Gasteiger partial charge in [-0.05, 0) is 0 Å². The Morgan fingerprint density at radius 1 is 0.900 bits per heavy atom. The van der Waals surface area contributed by atoms with E-state index in [0.29, 0.717) is 9.13 Å². The number of rotatable bonds is 3. The van der Waals surface area contributed by atoms with E-state index in [-0.39, 0.29) is 13.6 Å². The third-order valence-corrected chi connectivity index (χ3v) is 6.13. The zero-order valence-electron chi connectivity index (χ0n) is 10.3. The third kappa shape index (κ3) is 3.63. The first-order valence-corrected chi connectivity index (χ1v) is 9.25. The van der Waals surface area contributed by atoms with Crippen LogP contribution in [-0.2, 0) is 4.43 Å². The minimum absolute atomic E-state index is 0.0182. The molecule has 2 aromatic carbocycles. The second-order valence-electron chi connectivity index (χ2n) is 4.16. The summed E-state index contributed by atoms with van der Waals surface area (Å²) in [5, 5.41) is 0. The predicted molar refractivity (Wildman–Crippen MR) is 72.6 cm³/mol. The molecule has 0 spiro atoms. The summed E-state index contributed by atoms with van der Waals surface area (Å²) in [5.74, 6) is -2.60. The molecule has 0 radical (unpaired) electrons. The van der Waals surface area contributed by atoms with Gasteiger partial charge in [0.05, 0.1) is 0 Å². The molecular formula is C14H9F4I2-. The van der Waals surface area contributed by atoms with Crippen molar-refractivity contribution in [2.45, 2.75) is 11.4 Å². The molecule has 0 aliphatic carbocycles. The molecule has 6 heteroatoms. The Bertz CT molecular complexity index is 552. The first kappa shape index (κ1) is 16.0. The topological polar surface area (TPSA) is 0 Å². The predicted octanol–water partition coefficient (Wildman–Crippen LogP) is 1.61. The fraction of sp³-hybridized carbons (Fsp3) is 0.143. The van der Waals surface area contributed by atoms with Gasteiger partial charge in [0.2, 0.25) is 0 Å². The zero-order chi connectivity index (χ0) is 14.9. The van der Waals surface area contributed by atoms with Gasteiger partial charge in [0.25, 0.3) is 0 Å². The van der Waals surface area contributed by atoms with Crippen LogP contribution in [-0.4, -0.2) is 0 Å². The van der Waals surface area contributed by atoms with Gasteiger partial charge in [-0.3, -0.25) is 0 Å². The molecule has 0 saturated heterocycles. The summed E-state index contributed by atoms with van der Waals surface area (Å²) in [7, 11) is 0. The summed E-state index contributed by atoms with van der Waals surface area (Å²) in [6.07, 6.45) is 0. The van der Waals surface area contributed by atoms with Gasteiger partial charge < -0.3 is 0 Å². The van der Waals surface area contributed by atoms with Crippen molar-refractivity contribution in [1.82, 2.24) is 0 Å². The summed E-state index contributed by atoms with van der Waals surface area (Å²) in [5.41, 5.74) is 0.386. The fourth-order valence-corrected chi connectivity index (χ4v) is 4.72. The second kappa shape index (κ2) is 6.59. The van der Waals surface area contributed by atoms with Crippen molar-refractivity contribution in [2.24, 2.45) is 0 Å². The Balaban J connectivity index is 2.26. The normalized spacial score (nSPS) is 11.1. The average Bonchev–Trinajstić information content (AvgIpc) is 2.30. The second-order valence-corrected chi connectivity index (χ2v) is 8.01. The van der Waals surface area contributed by atoms with E-state index >= 15 is 0 Å². The molecule has 0 aliphatic rings. The van der Waals surface area contributed by atoms with Crippen LogP contribution in [0.25, 0.3) is 0 Å². The molecule has 0 nitrogen and oxygen atoms in total. The van der Waals surface area contributed by atoms with Crippen LogP contribution in [0.1, 0.15) is 11.1 Å². The van der Waals surface area contributed by atoms with Crippen LogP contribution in [0.15, 0.2) is 24.3 Å². The Morgan fingerprint density at radius 3 is 1.90 bits per heavy atom. The van der Waals surface area contributed by atoms with E-state index < -0.39 is 44.5 Å². The van der Waals surface area contributed by atoms with Crippen LogP contribution in [0.3, 0.4) is 0 Å². The van der Waals surface area contributed by atoms with Gasteiger partial charge in [-0.25, -0.2) is 0 Å². The van der Waals surface area contributed by atoms with Gasteiger partial charge >= 0.3 is 139 Å². The monoisotopic (exact) mass is 507 g/mol. The van der Waals surface area contributed by atoms with Crippen LogP contribution in [0, 0.1) is 37.3 Å². The van der Waals surface area contributed by atoms with Crippen molar-refractivity contribution >= 4 is 22.6 Å². The van der Waals surface area contributed by atoms with E-state index in [1.165, 1.54) is 24.3 Å². The van der Waals surface area contributed by atoms with Crippen LogP contribution < -0.4 is 21.2 Å². The summed E-state index contributed by atoms with van der Waals surface area (Å²) in [4.78, 5) is 0. The van der Waals surface area contributed by atoms with Crippen molar-refractivity contribution in [3.63, 3.8) is 0 Å². The number of hydrogen-bond acceptors (Lipinski definition) is 0. The molecule has 0 aliphatic heterocycles. The molecule has 0 bridgehead atoms.